The van der Waals surface area contributed by atoms with Gasteiger partial charge < -0.3 is 15.0 Å². The largest absolute Gasteiger partial charge is 0.497 e. The summed E-state index contributed by atoms with van der Waals surface area (Å²) < 4.78 is 33.8. The number of carbonyl (C=O) groups is 2. The quantitative estimate of drug-likeness (QED) is 0.354. The molecule has 10 heteroatoms. The van der Waals surface area contributed by atoms with Crippen molar-refractivity contribution >= 4 is 39.1 Å². The van der Waals surface area contributed by atoms with Gasteiger partial charge in [0.1, 0.15) is 18.3 Å². The number of halogens is 1. The first-order chi connectivity index (χ1) is 18.2. The molecule has 0 heterocycles. The van der Waals surface area contributed by atoms with E-state index in [9.17, 15) is 18.0 Å². The van der Waals surface area contributed by atoms with E-state index in [0.29, 0.717) is 23.7 Å². The molecule has 0 radical (unpaired) electrons. The number of hydrogen-bond acceptors (Lipinski definition) is 5. The van der Waals surface area contributed by atoms with Crippen molar-refractivity contribution in [3.63, 3.8) is 0 Å². The molecule has 0 aliphatic rings. The molecule has 0 aromatic heterocycles. The molecule has 3 aromatic carbocycles. The Morgan fingerprint density at radius 1 is 0.947 bits per heavy atom. The van der Waals surface area contributed by atoms with E-state index in [2.05, 4.69) is 5.32 Å². The minimum atomic E-state index is -4.17. The summed E-state index contributed by atoms with van der Waals surface area (Å²) in [6.45, 7) is 3.66. The molecule has 0 aliphatic heterocycles. The minimum Gasteiger partial charge on any atom is -0.497 e. The van der Waals surface area contributed by atoms with E-state index in [0.717, 1.165) is 9.87 Å². The van der Waals surface area contributed by atoms with Crippen LogP contribution in [0.15, 0.2) is 83.8 Å². The van der Waals surface area contributed by atoms with Crippen molar-refractivity contribution in [2.24, 2.45) is 0 Å². The number of methoxy groups -OCH3 is 1. The number of anilines is 1. The zero-order chi connectivity index (χ0) is 27.7. The second-order valence-corrected chi connectivity index (χ2v) is 10.8. The maximum absolute atomic E-state index is 13.9. The van der Waals surface area contributed by atoms with Crippen LogP contribution in [0.3, 0.4) is 0 Å². The van der Waals surface area contributed by atoms with Crippen molar-refractivity contribution < 1.29 is 22.7 Å². The highest BCUT2D eigenvalue weighted by Crippen LogP contribution is 2.27. The number of hydrogen-bond donors (Lipinski definition) is 1. The number of ether oxygens (including phenoxy) is 1. The average Bonchev–Trinajstić information content (AvgIpc) is 2.92. The molecule has 202 valence electrons. The van der Waals surface area contributed by atoms with Crippen molar-refractivity contribution in [1.82, 2.24) is 10.2 Å². The van der Waals surface area contributed by atoms with Gasteiger partial charge in [-0.25, -0.2) is 8.42 Å². The summed E-state index contributed by atoms with van der Waals surface area (Å²) in [6.07, 6.45) is 0.358. The molecule has 3 rings (SSSR count). The minimum absolute atomic E-state index is 0.00794. The van der Waals surface area contributed by atoms with Gasteiger partial charge in [0.25, 0.3) is 10.0 Å². The molecule has 0 saturated carbocycles. The van der Waals surface area contributed by atoms with Crippen LogP contribution >= 0.6 is 11.6 Å². The van der Waals surface area contributed by atoms with Gasteiger partial charge in [-0.3, -0.25) is 13.9 Å². The number of rotatable bonds is 12. The summed E-state index contributed by atoms with van der Waals surface area (Å²) in [6, 6.07) is 20.6. The maximum atomic E-state index is 13.9. The lowest BCUT2D eigenvalue weighted by Gasteiger charge is -2.33. The lowest BCUT2D eigenvalue weighted by molar-refractivity contribution is -0.140. The zero-order valence-corrected chi connectivity index (χ0v) is 23.2. The van der Waals surface area contributed by atoms with Crippen LogP contribution in [0.1, 0.15) is 25.8 Å². The summed E-state index contributed by atoms with van der Waals surface area (Å²) in [5.74, 6) is -0.311. The predicted molar refractivity (Wildman–Crippen MR) is 149 cm³/mol. The summed E-state index contributed by atoms with van der Waals surface area (Å²) in [5.41, 5.74) is 1.09. The molecule has 0 aliphatic carbocycles. The fourth-order valence-electron chi connectivity index (χ4n) is 4.00. The number of nitrogens with zero attached hydrogens (tertiary/aromatic N) is 2. The van der Waals surface area contributed by atoms with Gasteiger partial charge in [-0.1, -0.05) is 48.9 Å². The zero-order valence-electron chi connectivity index (χ0n) is 21.6. The number of carbonyl (C=O) groups excluding carboxylic acids is 2. The molecule has 1 N–H and O–H groups in total. The highest BCUT2D eigenvalue weighted by atomic mass is 35.5. The number of amides is 2. The SMILES string of the molecule is CCNC(=O)[C@H](CC)N(Cc1ccccc1)C(=O)CN(c1ccc(Cl)cc1)S(=O)(=O)c1ccc(OC)cc1. The summed E-state index contributed by atoms with van der Waals surface area (Å²) in [5, 5.41) is 3.21. The highest BCUT2D eigenvalue weighted by molar-refractivity contribution is 7.92. The Labute approximate surface area is 229 Å². The van der Waals surface area contributed by atoms with Crippen molar-refractivity contribution in [2.45, 2.75) is 37.8 Å². The van der Waals surface area contributed by atoms with Crippen molar-refractivity contribution in [1.29, 1.82) is 0 Å². The van der Waals surface area contributed by atoms with Crippen molar-refractivity contribution in [3.05, 3.63) is 89.4 Å². The standard InChI is InChI=1S/C28H32ClN3O5S/c1-4-26(28(34)30-5-2)31(19-21-9-7-6-8-10-21)27(33)20-32(23-13-11-22(29)12-14-23)38(35,36)25-17-15-24(37-3)16-18-25/h6-18,26H,4-5,19-20H2,1-3H3,(H,30,34)/t26-/m0/s1. The van der Waals surface area contributed by atoms with Crippen LogP contribution < -0.4 is 14.4 Å². The van der Waals surface area contributed by atoms with Crippen LogP contribution in [0.4, 0.5) is 5.69 Å². The smallest absolute Gasteiger partial charge is 0.264 e. The molecule has 38 heavy (non-hydrogen) atoms. The molecular weight excluding hydrogens is 526 g/mol. The van der Waals surface area contributed by atoms with Gasteiger partial charge in [-0.2, -0.15) is 0 Å². The normalized spacial score (nSPS) is 11.9. The Bertz CT molecular complexity index is 1320. The Hall–Kier alpha value is -3.56. The monoisotopic (exact) mass is 557 g/mol. The third-order valence-corrected chi connectivity index (χ3v) is 8.01. The average molecular weight is 558 g/mol. The Kier molecular flexibility index (Phi) is 10.2. The van der Waals surface area contributed by atoms with E-state index in [1.165, 1.54) is 24.1 Å². The van der Waals surface area contributed by atoms with Crippen LogP contribution in [-0.2, 0) is 26.2 Å². The third-order valence-electron chi connectivity index (χ3n) is 5.97. The van der Waals surface area contributed by atoms with Gasteiger partial charge in [-0.05, 0) is 67.4 Å². The number of benzene rings is 3. The topological polar surface area (TPSA) is 96.0 Å². The number of sulfonamides is 1. The van der Waals surface area contributed by atoms with E-state index >= 15 is 0 Å². The fraction of sp³-hybridized carbons (Fsp3) is 0.286. The van der Waals surface area contributed by atoms with Gasteiger partial charge >= 0.3 is 0 Å². The van der Waals surface area contributed by atoms with Crippen LogP contribution in [0, 0.1) is 0 Å². The second kappa shape index (κ2) is 13.3. The van der Waals surface area contributed by atoms with Crippen LogP contribution in [0.5, 0.6) is 5.75 Å². The third kappa shape index (κ3) is 7.05. The molecule has 2 amide bonds. The Morgan fingerprint density at radius 2 is 1.58 bits per heavy atom. The summed E-state index contributed by atoms with van der Waals surface area (Å²) >= 11 is 6.05. The van der Waals surface area contributed by atoms with Crippen LogP contribution in [-0.4, -0.2) is 51.4 Å². The van der Waals surface area contributed by atoms with Gasteiger partial charge in [0.2, 0.25) is 11.8 Å². The first-order valence-corrected chi connectivity index (χ1v) is 14.1. The van der Waals surface area contributed by atoms with E-state index in [-0.39, 0.29) is 23.0 Å². The van der Waals surface area contributed by atoms with Crippen molar-refractivity contribution in [3.8, 4) is 5.75 Å². The summed E-state index contributed by atoms with van der Waals surface area (Å²) in [4.78, 5) is 28.2. The Morgan fingerprint density at radius 3 is 2.13 bits per heavy atom. The fourth-order valence-corrected chi connectivity index (χ4v) is 5.54. The van der Waals surface area contributed by atoms with Crippen molar-refractivity contribution in [2.75, 3.05) is 24.5 Å². The lowest BCUT2D eigenvalue weighted by atomic mass is 10.1. The van der Waals surface area contributed by atoms with Gasteiger partial charge in [-0.15, -0.1) is 0 Å². The van der Waals surface area contributed by atoms with Crippen LogP contribution in [0.25, 0.3) is 0 Å². The van der Waals surface area contributed by atoms with Gasteiger partial charge in [0, 0.05) is 18.1 Å². The predicted octanol–water partition coefficient (Wildman–Crippen LogP) is 4.49. The number of nitrogens with one attached hydrogen (secondary N) is 1. The first kappa shape index (κ1) is 29.0. The molecule has 0 saturated heterocycles. The first-order valence-electron chi connectivity index (χ1n) is 12.2. The van der Waals surface area contributed by atoms with E-state index < -0.39 is 28.5 Å². The molecular formula is C28H32ClN3O5S. The molecule has 1 atom stereocenters. The van der Waals surface area contributed by atoms with Gasteiger partial charge in [0.15, 0.2) is 0 Å². The molecule has 8 nitrogen and oxygen atoms in total. The molecule has 0 fully saturated rings. The molecule has 0 bridgehead atoms. The van der Waals surface area contributed by atoms with E-state index in [4.69, 9.17) is 16.3 Å². The Balaban J connectivity index is 2.04. The molecule has 3 aromatic rings. The van der Waals surface area contributed by atoms with E-state index in [1.807, 2.05) is 37.3 Å². The molecule has 0 unspecified atom stereocenters. The summed E-state index contributed by atoms with van der Waals surface area (Å²) in [7, 11) is -2.68. The van der Waals surface area contributed by atoms with E-state index in [1.54, 1.807) is 43.3 Å². The maximum Gasteiger partial charge on any atom is 0.264 e. The second-order valence-electron chi connectivity index (χ2n) is 8.49. The lowest BCUT2D eigenvalue weighted by Crippen LogP contribution is -2.52. The highest BCUT2D eigenvalue weighted by Gasteiger charge is 2.33. The molecule has 0 spiro atoms. The van der Waals surface area contributed by atoms with Gasteiger partial charge in [0.05, 0.1) is 17.7 Å². The number of likely N-dealkylation sites (N-methyl/N-ethyl adjacent to an activating group) is 1. The van der Waals surface area contributed by atoms with Crippen LogP contribution in [0.2, 0.25) is 5.02 Å².